The van der Waals surface area contributed by atoms with Gasteiger partial charge in [-0.3, -0.25) is 0 Å². The van der Waals surface area contributed by atoms with Crippen molar-refractivity contribution in [1.29, 1.82) is 0 Å². The lowest BCUT2D eigenvalue weighted by atomic mass is 10.1. The van der Waals surface area contributed by atoms with Crippen molar-refractivity contribution in [2.24, 2.45) is 5.73 Å². The molecule has 0 spiro atoms. The van der Waals surface area contributed by atoms with Crippen LogP contribution in [-0.2, 0) is 0 Å². The molecule has 0 saturated carbocycles. The molecule has 2 nitrogen and oxygen atoms in total. The van der Waals surface area contributed by atoms with Crippen molar-refractivity contribution in [2.75, 3.05) is 6.54 Å². The molecule has 6 heteroatoms. The van der Waals surface area contributed by atoms with Gasteiger partial charge in [0.25, 0.3) is 0 Å². The molecule has 0 aliphatic carbocycles. The van der Waals surface area contributed by atoms with Crippen LogP contribution in [0.15, 0.2) is 0 Å². The minimum atomic E-state index is 0.423. The molecular formula is C9H18N2S4. The summed E-state index contributed by atoms with van der Waals surface area (Å²) < 4.78 is 1.19. The average Bonchev–Trinajstić information content (AvgIpc) is 2.20. The van der Waals surface area contributed by atoms with Crippen molar-refractivity contribution in [1.82, 2.24) is 5.32 Å². The maximum absolute atomic E-state index is 5.34. The van der Waals surface area contributed by atoms with E-state index in [9.17, 15) is 0 Å². The van der Waals surface area contributed by atoms with E-state index in [-0.39, 0.29) is 0 Å². The Morgan fingerprint density at radius 2 is 1.80 bits per heavy atom. The summed E-state index contributed by atoms with van der Waals surface area (Å²) in [6.07, 6.45) is 6.39. The molecule has 0 aromatic rings. The summed E-state index contributed by atoms with van der Waals surface area (Å²) in [5.74, 6) is 0. The number of nitrogens with one attached hydrogen (secondary N) is 1. The fourth-order valence-electron chi connectivity index (χ4n) is 1.03. The van der Waals surface area contributed by atoms with E-state index in [0.29, 0.717) is 4.32 Å². The molecule has 0 fully saturated rings. The van der Waals surface area contributed by atoms with E-state index in [2.05, 4.69) is 12.2 Å². The van der Waals surface area contributed by atoms with E-state index in [1.165, 1.54) is 53.7 Å². The van der Waals surface area contributed by atoms with Gasteiger partial charge in [0.1, 0.15) is 8.64 Å². The fraction of sp³-hybridized carbons (Fsp3) is 0.778. The highest BCUT2D eigenvalue weighted by atomic mass is 33.1. The molecule has 88 valence electrons. The second-order valence-electron chi connectivity index (χ2n) is 3.11. The maximum atomic E-state index is 5.34. The van der Waals surface area contributed by atoms with Gasteiger partial charge in [0.05, 0.1) is 0 Å². The monoisotopic (exact) mass is 282 g/mol. The summed E-state index contributed by atoms with van der Waals surface area (Å²) in [7, 11) is 2.76. The van der Waals surface area contributed by atoms with Crippen LogP contribution in [0.5, 0.6) is 0 Å². The molecule has 0 unspecified atom stereocenters. The van der Waals surface area contributed by atoms with E-state index < -0.39 is 0 Å². The first-order valence-electron chi connectivity index (χ1n) is 5.08. The van der Waals surface area contributed by atoms with E-state index in [4.69, 9.17) is 30.2 Å². The first-order valence-corrected chi connectivity index (χ1v) is 8.05. The highest BCUT2D eigenvalue weighted by Gasteiger charge is 1.98. The topological polar surface area (TPSA) is 38.0 Å². The number of hydrogen-bond donors (Lipinski definition) is 2. The van der Waals surface area contributed by atoms with Gasteiger partial charge in [-0.2, -0.15) is 0 Å². The summed E-state index contributed by atoms with van der Waals surface area (Å²) in [5.41, 5.74) is 5.34. The normalized spacial score (nSPS) is 9.93. The molecule has 0 amide bonds. The van der Waals surface area contributed by atoms with Crippen LogP contribution in [0.4, 0.5) is 0 Å². The number of hydrogen-bond acceptors (Lipinski definition) is 4. The third-order valence-electron chi connectivity index (χ3n) is 1.75. The SMILES string of the molecule is CCCCCCCNC(=S)SSC(N)=S. The van der Waals surface area contributed by atoms with Crippen LogP contribution in [0.3, 0.4) is 0 Å². The molecule has 0 aromatic heterocycles. The summed E-state index contributed by atoms with van der Waals surface area (Å²) in [5, 5.41) is 3.17. The van der Waals surface area contributed by atoms with Crippen molar-refractivity contribution >= 4 is 54.7 Å². The number of thiocarbonyl (C=S) groups is 2. The van der Waals surface area contributed by atoms with E-state index in [1.54, 1.807) is 0 Å². The first-order chi connectivity index (χ1) is 7.16. The van der Waals surface area contributed by atoms with E-state index in [1.807, 2.05) is 0 Å². The molecular weight excluding hydrogens is 264 g/mol. The molecule has 0 heterocycles. The third kappa shape index (κ3) is 12.4. The van der Waals surface area contributed by atoms with Gasteiger partial charge in [-0.15, -0.1) is 0 Å². The average molecular weight is 283 g/mol. The Morgan fingerprint density at radius 3 is 2.40 bits per heavy atom. The highest BCUT2D eigenvalue weighted by molar-refractivity contribution is 8.89. The zero-order chi connectivity index (χ0) is 11.5. The largest absolute Gasteiger partial charge is 0.384 e. The predicted molar refractivity (Wildman–Crippen MR) is 81.3 cm³/mol. The van der Waals surface area contributed by atoms with Crippen molar-refractivity contribution in [3.8, 4) is 0 Å². The lowest BCUT2D eigenvalue weighted by Crippen LogP contribution is -2.19. The summed E-state index contributed by atoms with van der Waals surface area (Å²) in [4.78, 5) is 0. The van der Waals surface area contributed by atoms with Crippen LogP contribution in [0, 0.1) is 0 Å². The van der Waals surface area contributed by atoms with Crippen LogP contribution in [0.2, 0.25) is 0 Å². The maximum Gasteiger partial charge on any atom is 0.144 e. The zero-order valence-corrected chi connectivity index (χ0v) is 12.2. The van der Waals surface area contributed by atoms with Crippen LogP contribution >= 0.6 is 46.0 Å². The molecule has 0 aliphatic heterocycles. The Hall–Kier alpha value is 0.480. The van der Waals surface area contributed by atoms with E-state index in [0.717, 1.165) is 10.9 Å². The van der Waals surface area contributed by atoms with Gasteiger partial charge in [-0.05, 0) is 28.0 Å². The van der Waals surface area contributed by atoms with Crippen LogP contribution in [0.1, 0.15) is 39.0 Å². The molecule has 0 saturated heterocycles. The Morgan fingerprint density at radius 1 is 1.13 bits per heavy atom. The van der Waals surface area contributed by atoms with Crippen molar-refractivity contribution in [2.45, 2.75) is 39.0 Å². The predicted octanol–water partition coefficient (Wildman–Crippen LogP) is 3.46. The number of unbranched alkanes of at least 4 members (excludes halogenated alkanes) is 4. The summed E-state index contributed by atoms with van der Waals surface area (Å²) >= 11 is 9.82. The molecule has 15 heavy (non-hydrogen) atoms. The van der Waals surface area contributed by atoms with Crippen LogP contribution in [-0.4, -0.2) is 15.2 Å². The molecule has 0 radical (unpaired) electrons. The van der Waals surface area contributed by atoms with Crippen molar-refractivity contribution in [3.05, 3.63) is 0 Å². The van der Waals surface area contributed by atoms with Crippen molar-refractivity contribution in [3.63, 3.8) is 0 Å². The number of nitrogens with two attached hydrogens (primary N) is 1. The molecule has 0 aliphatic rings. The van der Waals surface area contributed by atoms with E-state index >= 15 is 0 Å². The first kappa shape index (κ1) is 15.5. The van der Waals surface area contributed by atoms with Crippen LogP contribution in [0.25, 0.3) is 0 Å². The smallest absolute Gasteiger partial charge is 0.144 e. The second kappa shape index (κ2) is 11.0. The lowest BCUT2D eigenvalue weighted by molar-refractivity contribution is 0.626. The molecule has 0 aromatic carbocycles. The minimum absolute atomic E-state index is 0.423. The van der Waals surface area contributed by atoms with Gasteiger partial charge in [0.2, 0.25) is 0 Å². The standard InChI is InChI=1S/C9H18N2S4/c1-2-3-4-5-6-7-11-9(13)15-14-8(10)12/h2-7H2,1H3,(H2,10,12)(H,11,13). The quantitative estimate of drug-likeness (QED) is 0.441. The Kier molecular flexibility index (Phi) is 11.3. The Bertz CT molecular complexity index is 197. The second-order valence-corrected chi connectivity index (χ2v) is 6.66. The number of rotatable bonds is 6. The fourth-order valence-corrected chi connectivity index (χ4v) is 2.71. The summed E-state index contributed by atoms with van der Waals surface area (Å²) in [6.45, 7) is 3.17. The molecule has 0 bridgehead atoms. The summed E-state index contributed by atoms with van der Waals surface area (Å²) in [6, 6.07) is 0. The van der Waals surface area contributed by atoms with Gasteiger partial charge in [-0.1, -0.05) is 57.0 Å². The third-order valence-corrected chi connectivity index (χ3v) is 4.86. The Labute approximate surface area is 111 Å². The molecule has 3 N–H and O–H groups in total. The van der Waals surface area contributed by atoms with Gasteiger partial charge in [0.15, 0.2) is 0 Å². The molecule has 0 rings (SSSR count). The van der Waals surface area contributed by atoms with Gasteiger partial charge in [0, 0.05) is 6.54 Å². The lowest BCUT2D eigenvalue weighted by Gasteiger charge is -2.05. The highest BCUT2D eigenvalue weighted by Crippen LogP contribution is 2.21. The molecule has 0 atom stereocenters. The zero-order valence-electron chi connectivity index (χ0n) is 8.95. The van der Waals surface area contributed by atoms with Gasteiger partial charge in [-0.25, -0.2) is 0 Å². The van der Waals surface area contributed by atoms with Gasteiger partial charge < -0.3 is 11.1 Å². The Balaban J connectivity index is 3.20. The van der Waals surface area contributed by atoms with Crippen LogP contribution < -0.4 is 11.1 Å². The minimum Gasteiger partial charge on any atom is -0.384 e. The van der Waals surface area contributed by atoms with Crippen molar-refractivity contribution < 1.29 is 0 Å². The van der Waals surface area contributed by atoms with Gasteiger partial charge >= 0.3 is 0 Å².